The van der Waals surface area contributed by atoms with Crippen molar-refractivity contribution in [2.45, 2.75) is 105 Å². The second kappa shape index (κ2) is 12.0. The first kappa shape index (κ1) is 33.7. The number of nitrogens with zero attached hydrogens (tertiary/aromatic N) is 4. The fraction of sp³-hybridized carbons (Fsp3) is 0.432. The van der Waals surface area contributed by atoms with Gasteiger partial charge in [-0.1, -0.05) is 107 Å². The molecule has 0 spiro atoms. The van der Waals surface area contributed by atoms with Gasteiger partial charge < -0.3 is 15.0 Å². The molecular formula is C37H46N4Pt. The van der Waals surface area contributed by atoms with Crippen molar-refractivity contribution < 1.29 is 21.1 Å². The minimum absolute atomic E-state index is 0. The molecular weight excluding hydrogens is 696 g/mol. The van der Waals surface area contributed by atoms with Crippen LogP contribution in [0.1, 0.15) is 105 Å². The van der Waals surface area contributed by atoms with Crippen LogP contribution in [0.15, 0.2) is 65.9 Å². The smallest absolute Gasteiger partial charge is 0.454 e. The average Bonchev–Trinajstić information content (AvgIpc) is 2.86. The Morgan fingerprint density at radius 1 is 0.595 bits per heavy atom. The fourth-order valence-corrected chi connectivity index (χ4v) is 4.77. The van der Waals surface area contributed by atoms with E-state index in [-0.39, 0.29) is 42.7 Å². The second-order valence-electron chi connectivity index (χ2n) is 15.2. The van der Waals surface area contributed by atoms with E-state index in [0.717, 1.165) is 39.5 Å². The Morgan fingerprint density at radius 2 is 1.10 bits per heavy atom. The number of rotatable bonds is 3. The van der Waals surface area contributed by atoms with Crippen LogP contribution < -0.4 is 10.5 Å². The van der Waals surface area contributed by atoms with E-state index in [4.69, 9.17) is 15.0 Å². The summed E-state index contributed by atoms with van der Waals surface area (Å²) in [7, 11) is 0. The molecule has 0 saturated carbocycles. The second-order valence-corrected chi connectivity index (χ2v) is 15.2. The quantitative estimate of drug-likeness (QED) is 0.197. The summed E-state index contributed by atoms with van der Waals surface area (Å²) in [5.74, 6) is 0. The van der Waals surface area contributed by atoms with Crippen molar-refractivity contribution in [1.82, 2.24) is 15.0 Å². The summed E-state index contributed by atoms with van der Waals surface area (Å²) < 4.78 is 0. The first-order chi connectivity index (χ1) is 18.8. The van der Waals surface area contributed by atoms with Crippen LogP contribution in [-0.2, 0) is 42.7 Å². The van der Waals surface area contributed by atoms with Crippen molar-refractivity contribution in [3.05, 3.63) is 94.7 Å². The molecule has 0 unspecified atom stereocenters. The van der Waals surface area contributed by atoms with Crippen molar-refractivity contribution >= 4 is 5.69 Å². The van der Waals surface area contributed by atoms with Gasteiger partial charge in [0.25, 0.3) is 0 Å². The van der Waals surface area contributed by atoms with E-state index in [2.05, 4.69) is 143 Å². The van der Waals surface area contributed by atoms with Crippen LogP contribution in [0.2, 0.25) is 0 Å². The summed E-state index contributed by atoms with van der Waals surface area (Å²) in [6, 6.07) is 20.6. The summed E-state index contributed by atoms with van der Waals surface area (Å²) in [6.45, 7) is 26.5. The van der Waals surface area contributed by atoms with E-state index in [1.165, 1.54) is 11.1 Å². The Bertz CT molecular complexity index is 1620. The normalized spacial score (nSPS) is 13.2. The molecule has 0 atom stereocenters. The Labute approximate surface area is 267 Å². The summed E-state index contributed by atoms with van der Waals surface area (Å²) in [6.07, 6.45) is 3.76. The molecule has 0 fully saturated rings. The molecule has 4 nitrogen and oxygen atoms in total. The van der Waals surface area contributed by atoms with Gasteiger partial charge in [-0.25, -0.2) is 0 Å². The van der Waals surface area contributed by atoms with E-state index in [1.54, 1.807) is 0 Å². The van der Waals surface area contributed by atoms with Gasteiger partial charge in [0, 0.05) is 12.4 Å². The Balaban J connectivity index is 0.00000484. The number of aromatic nitrogens is 3. The first-order valence-electron chi connectivity index (χ1n) is 14.6. The van der Waals surface area contributed by atoms with Crippen LogP contribution >= 0.6 is 0 Å². The molecule has 4 rings (SSSR count). The van der Waals surface area contributed by atoms with Gasteiger partial charge in [-0.05, 0) is 67.9 Å². The number of pyridine rings is 3. The molecule has 4 aromatic rings. The van der Waals surface area contributed by atoms with Crippen molar-refractivity contribution in [2.75, 3.05) is 0 Å². The third-order valence-electron chi connectivity index (χ3n) is 7.42. The predicted molar refractivity (Wildman–Crippen MR) is 172 cm³/mol. The SMILES string of the molecule is CC(C)(C)c1ccnc(-c2[c-]c(N=c3[n-]c(-c4cc(C(C)(C)C)ccn4)ccc3C(C)(C)C)c(C(C)(C)C)cc2)c1.[Pt+2]. The molecule has 0 aliphatic heterocycles. The van der Waals surface area contributed by atoms with Gasteiger partial charge in [-0.15, -0.1) is 35.0 Å². The molecule has 42 heavy (non-hydrogen) atoms. The molecule has 5 heteroatoms. The number of hydrogen-bond acceptors (Lipinski definition) is 3. The molecule has 0 N–H and O–H groups in total. The maximum Gasteiger partial charge on any atom is 2.00 e. The van der Waals surface area contributed by atoms with Crippen LogP contribution in [0.5, 0.6) is 0 Å². The monoisotopic (exact) mass is 741 g/mol. The minimum atomic E-state index is -0.146. The molecule has 0 aliphatic carbocycles. The predicted octanol–water partition coefficient (Wildman–Crippen LogP) is 8.99. The van der Waals surface area contributed by atoms with Gasteiger partial charge in [0.1, 0.15) is 0 Å². The molecule has 0 radical (unpaired) electrons. The average molecular weight is 742 g/mol. The van der Waals surface area contributed by atoms with E-state index >= 15 is 0 Å². The van der Waals surface area contributed by atoms with Gasteiger partial charge in [0.2, 0.25) is 0 Å². The van der Waals surface area contributed by atoms with Gasteiger partial charge in [0.15, 0.2) is 0 Å². The number of hydrogen-bond donors (Lipinski definition) is 0. The van der Waals surface area contributed by atoms with Gasteiger partial charge in [-0.2, -0.15) is 0 Å². The molecule has 3 aromatic heterocycles. The Hall–Kier alpha value is -2.84. The molecule has 0 aliphatic rings. The van der Waals surface area contributed by atoms with Crippen molar-refractivity contribution in [2.24, 2.45) is 4.99 Å². The van der Waals surface area contributed by atoms with E-state index in [1.807, 2.05) is 12.4 Å². The van der Waals surface area contributed by atoms with Gasteiger partial charge >= 0.3 is 21.1 Å². The van der Waals surface area contributed by atoms with E-state index < -0.39 is 0 Å². The zero-order valence-corrected chi connectivity index (χ0v) is 29.7. The van der Waals surface area contributed by atoms with E-state index in [0.29, 0.717) is 5.49 Å². The Kier molecular flexibility index (Phi) is 9.65. The summed E-state index contributed by atoms with van der Waals surface area (Å²) >= 11 is 0. The van der Waals surface area contributed by atoms with Crippen LogP contribution in [-0.4, -0.2) is 9.97 Å². The zero-order valence-electron chi connectivity index (χ0n) is 27.4. The van der Waals surface area contributed by atoms with Crippen molar-refractivity contribution in [3.63, 3.8) is 0 Å². The van der Waals surface area contributed by atoms with Crippen LogP contribution in [0, 0.1) is 6.07 Å². The standard InChI is InChI=1S/C37H46N4.Pt/c1-34(2,3)25-17-19-38-30(22-25)24-13-14-27(36(7,8)9)31(21-24)41-33-28(37(10,11)12)15-16-29(40-33)32-23-26(18-20-39-32)35(4,5)6;/h13-20,22-23H,1-12H3;/q-2;+2. The van der Waals surface area contributed by atoms with Crippen molar-refractivity contribution in [1.29, 1.82) is 0 Å². The van der Waals surface area contributed by atoms with Gasteiger partial charge in [-0.3, -0.25) is 4.98 Å². The largest absolute Gasteiger partial charge is 2.00 e. The van der Waals surface area contributed by atoms with Crippen molar-refractivity contribution in [3.8, 4) is 22.6 Å². The molecule has 3 heterocycles. The maximum atomic E-state index is 5.27. The van der Waals surface area contributed by atoms with Gasteiger partial charge in [0.05, 0.1) is 5.69 Å². The first-order valence-corrected chi connectivity index (χ1v) is 14.6. The summed E-state index contributed by atoms with van der Waals surface area (Å²) in [4.78, 5) is 19.8. The number of benzene rings is 1. The third-order valence-corrected chi connectivity index (χ3v) is 7.42. The molecule has 0 amide bonds. The van der Waals surface area contributed by atoms with Crippen LogP contribution in [0.3, 0.4) is 0 Å². The van der Waals surface area contributed by atoms with Crippen LogP contribution in [0.25, 0.3) is 22.6 Å². The molecule has 0 bridgehead atoms. The fourth-order valence-electron chi connectivity index (χ4n) is 4.77. The minimum Gasteiger partial charge on any atom is -0.454 e. The topological polar surface area (TPSA) is 52.2 Å². The third kappa shape index (κ3) is 7.75. The molecule has 0 saturated heterocycles. The van der Waals surface area contributed by atoms with E-state index in [9.17, 15) is 0 Å². The summed E-state index contributed by atoms with van der Waals surface area (Å²) in [5, 5.41) is 0. The maximum absolute atomic E-state index is 5.27. The molecule has 1 aromatic carbocycles. The summed E-state index contributed by atoms with van der Waals surface area (Å²) in [5.41, 5.74) is 9.43. The Morgan fingerprint density at radius 3 is 1.62 bits per heavy atom. The zero-order chi connectivity index (χ0) is 30.4. The molecule has 224 valence electrons. The van der Waals surface area contributed by atoms with Crippen LogP contribution in [0.4, 0.5) is 5.69 Å².